The molecule has 3 fully saturated rings. The Labute approximate surface area is 212 Å². The normalized spacial score (nSPS) is 29.8. The molecule has 2 saturated heterocycles. The maximum atomic E-state index is 14.2. The Morgan fingerprint density at radius 1 is 1.22 bits per heavy atom. The van der Waals surface area contributed by atoms with E-state index >= 15 is 0 Å². The number of hydrogen-bond acceptors (Lipinski definition) is 5. The van der Waals surface area contributed by atoms with E-state index in [1.165, 1.54) is 42.3 Å². The molecule has 2 bridgehead atoms. The van der Waals surface area contributed by atoms with Gasteiger partial charge >= 0.3 is 0 Å². The summed E-state index contributed by atoms with van der Waals surface area (Å²) in [6, 6.07) is 7.33. The van der Waals surface area contributed by atoms with Gasteiger partial charge in [0.2, 0.25) is 5.91 Å². The van der Waals surface area contributed by atoms with Gasteiger partial charge in [0.05, 0.1) is 24.8 Å². The van der Waals surface area contributed by atoms with Gasteiger partial charge in [0.15, 0.2) is 0 Å². The number of piperidine rings is 1. The van der Waals surface area contributed by atoms with Crippen LogP contribution in [0.1, 0.15) is 54.5 Å². The molecule has 1 saturated carbocycles. The van der Waals surface area contributed by atoms with Gasteiger partial charge in [-0.05, 0) is 92.8 Å². The summed E-state index contributed by atoms with van der Waals surface area (Å²) in [5.74, 6) is 1.02. The molecule has 0 unspecified atom stereocenters. The van der Waals surface area contributed by atoms with Crippen molar-refractivity contribution in [2.24, 2.45) is 5.92 Å². The van der Waals surface area contributed by atoms with Crippen LogP contribution < -0.4 is 4.74 Å². The van der Waals surface area contributed by atoms with Crippen LogP contribution in [-0.2, 0) is 23.1 Å². The van der Waals surface area contributed by atoms with Crippen molar-refractivity contribution in [1.29, 1.82) is 0 Å². The van der Waals surface area contributed by atoms with E-state index in [1.54, 1.807) is 7.11 Å². The van der Waals surface area contributed by atoms with Crippen molar-refractivity contribution in [2.75, 3.05) is 33.3 Å². The molecule has 1 amide bonds. The number of hydrogen-bond donors (Lipinski definition) is 1. The fourth-order valence-corrected chi connectivity index (χ4v) is 7.31. The summed E-state index contributed by atoms with van der Waals surface area (Å²) in [4.78, 5) is 21.7. The second kappa shape index (κ2) is 8.80. The summed E-state index contributed by atoms with van der Waals surface area (Å²) < 4.78 is 19.9. The number of rotatable bonds is 5. The highest BCUT2D eigenvalue weighted by Crippen LogP contribution is 2.57. The Morgan fingerprint density at radius 3 is 2.75 bits per heavy atom. The summed E-state index contributed by atoms with van der Waals surface area (Å²) in [5.41, 5.74) is 2.43. The van der Waals surface area contributed by atoms with Crippen molar-refractivity contribution < 1.29 is 19.0 Å². The largest absolute Gasteiger partial charge is 0.496 e. The molecule has 1 N–H and O–H groups in total. The number of ether oxygens (including phenoxy) is 1. The number of halogens is 1. The summed E-state index contributed by atoms with van der Waals surface area (Å²) in [7, 11) is 1.70. The molecule has 4 aliphatic rings. The molecular formula is C29H36FN3O3. The fourth-order valence-electron chi connectivity index (χ4n) is 7.31. The van der Waals surface area contributed by atoms with Crippen LogP contribution >= 0.6 is 0 Å². The molecule has 6 rings (SSSR count). The number of aliphatic hydroxyl groups is 1. The average molecular weight is 494 g/mol. The molecule has 3 atom stereocenters. The SMILES string of the molecule is COc1cc2c(cc1C)C[C@H]1N(CC3CC3)CC[C@@]23CCN(C(=O)Cc2ncccc2F)CC[C@@]13O. The third-order valence-electron chi connectivity index (χ3n) is 9.46. The minimum Gasteiger partial charge on any atom is -0.496 e. The van der Waals surface area contributed by atoms with Crippen LogP contribution in [0.2, 0.25) is 0 Å². The number of carbonyl (C=O) groups excluding carboxylic acids is 1. The van der Waals surface area contributed by atoms with Crippen LogP contribution in [0.25, 0.3) is 0 Å². The van der Waals surface area contributed by atoms with Gasteiger partial charge in [-0.2, -0.15) is 0 Å². The lowest BCUT2D eigenvalue weighted by Gasteiger charge is -2.61. The molecule has 192 valence electrons. The van der Waals surface area contributed by atoms with Gasteiger partial charge in [-0.15, -0.1) is 0 Å². The third-order valence-corrected chi connectivity index (χ3v) is 9.46. The zero-order chi connectivity index (χ0) is 25.1. The number of benzene rings is 1. The van der Waals surface area contributed by atoms with Gasteiger partial charge in [-0.1, -0.05) is 6.07 Å². The van der Waals surface area contributed by atoms with Crippen molar-refractivity contribution in [2.45, 2.75) is 68.9 Å². The topological polar surface area (TPSA) is 65.9 Å². The zero-order valence-electron chi connectivity index (χ0n) is 21.3. The number of amides is 1. The monoisotopic (exact) mass is 493 g/mol. The van der Waals surface area contributed by atoms with Crippen molar-refractivity contribution in [3.05, 3.63) is 58.7 Å². The van der Waals surface area contributed by atoms with Gasteiger partial charge in [0.1, 0.15) is 11.6 Å². The average Bonchev–Trinajstić information content (AvgIpc) is 3.69. The molecule has 3 heterocycles. The molecule has 2 aliphatic carbocycles. The first-order valence-corrected chi connectivity index (χ1v) is 13.4. The quantitative estimate of drug-likeness (QED) is 0.692. The van der Waals surface area contributed by atoms with Crippen molar-refractivity contribution >= 4 is 5.91 Å². The Morgan fingerprint density at radius 2 is 2.00 bits per heavy atom. The van der Waals surface area contributed by atoms with E-state index in [0.717, 1.165) is 43.2 Å². The Balaban J connectivity index is 1.36. The fraction of sp³-hybridized carbons (Fsp3) is 0.586. The summed E-state index contributed by atoms with van der Waals surface area (Å²) in [6.45, 7) is 5.11. The molecule has 0 radical (unpaired) electrons. The third kappa shape index (κ3) is 3.74. The number of aryl methyl sites for hydroxylation is 1. The predicted octanol–water partition coefficient (Wildman–Crippen LogP) is 3.41. The Kier molecular flexibility index (Phi) is 5.84. The minimum atomic E-state index is -0.932. The van der Waals surface area contributed by atoms with Crippen LogP contribution in [0.5, 0.6) is 5.75 Å². The molecule has 1 aromatic heterocycles. The van der Waals surface area contributed by atoms with E-state index in [9.17, 15) is 14.3 Å². The van der Waals surface area contributed by atoms with Gasteiger partial charge < -0.3 is 14.7 Å². The molecule has 0 spiro atoms. The minimum absolute atomic E-state index is 0.0374. The van der Waals surface area contributed by atoms with E-state index < -0.39 is 16.8 Å². The van der Waals surface area contributed by atoms with Crippen LogP contribution in [0.4, 0.5) is 4.39 Å². The van der Waals surface area contributed by atoms with E-state index in [-0.39, 0.29) is 24.1 Å². The summed E-state index contributed by atoms with van der Waals surface area (Å²) >= 11 is 0. The Bertz CT molecular complexity index is 1180. The number of aromatic nitrogens is 1. The summed E-state index contributed by atoms with van der Waals surface area (Å²) in [5, 5.41) is 12.7. The van der Waals surface area contributed by atoms with Crippen molar-refractivity contribution in [3.63, 3.8) is 0 Å². The molecule has 36 heavy (non-hydrogen) atoms. The highest BCUT2D eigenvalue weighted by atomic mass is 19.1. The van der Waals surface area contributed by atoms with E-state index in [4.69, 9.17) is 4.74 Å². The second-order valence-corrected chi connectivity index (χ2v) is 11.4. The van der Waals surface area contributed by atoms with Crippen LogP contribution in [0.15, 0.2) is 30.5 Å². The number of pyridine rings is 1. The van der Waals surface area contributed by atoms with Crippen molar-refractivity contribution in [1.82, 2.24) is 14.8 Å². The molecule has 6 nitrogen and oxygen atoms in total. The van der Waals surface area contributed by atoms with Gasteiger partial charge in [0, 0.05) is 37.3 Å². The van der Waals surface area contributed by atoms with Crippen LogP contribution in [0.3, 0.4) is 0 Å². The molecule has 7 heteroatoms. The Hall–Kier alpha value is -2.51. The lowest BCUT2D eigenvalue weighted by atomic mass is 9.52. The number of carbonyl (C=O) groups is 1. The first-order chi connectivity index (χ1) is 17.3. The number of nitrogens with zero attached hydrogens (tertiary/aromatic N) is 3. The van der Waals surface area contributed by atoms with Gasteiger partial charge in [-0.3, -0.25) is 14.7 Å². The standard InChI is InChI=1S/C29H36FN3O3/c1-19-14-21-15-26-29(35)9-13-32(27(34)17-24-23(30)4-3-10-31-24)11-7-28(29,22(21)16-25(19)36-2)8-12-33(26)18-20-5-6-20/h3-4,10,14,16,20,26,35H,5-9,11-13,15,17-18H2,1-2H3/t26-,28+,29-/m1/s1. The molecular weight excluding hydrogens is 457 g/mol. The van der Waals surface area contributed by atoms with Crippen LogP contribution in [0, 0.1) is 18.7 Å². The number of fused-ring (bicyclic) bond motifs is 1. The predicted molar refractivity (Wildman–Crippen MR) is 134 cm³/mol. The lowest BCUT2D eigenvalue weighted by molar-refractivity contribution is -0.149. The summed E-state index contributed by atoms with van der Waals surface area (Å²) in [6.07, 6.45) is 6.92. The highest BCUT2D eigenvalue weighted by Gasteiger charge is 2.63. The molecule has 1 aromatic carbocycles. The molecule has 2 aromatic rings. The number of likely N-dealkylation sites (tertiary alicyclic amines) is 2. The maximum Gasteiger partial charge on any atom is 0.228 e. The van der Waals surface area contributed by atoms with E-state index in [0.29, 0.717) is 25.9 Å². The zero-order valence-corrected chi connectivity index (χ0v) is 21.3. The van der Waals surface area contributed by atoms with Gasteiger partial charge in [0.25, 0.3) is 0 Å². The second-order valence-electron chi connectivity index (χ2n) is 11.4. The highest BCUT2D eigenvalue weighted by molar-refractivity contribution is 5.78. The van der Waals surface area contributed by atoms with E-state index in [1.807, 2.05) is 4.90 Å². The van der Waals surface area contributed by atoms with Crippen LogP contribution in [-0.4, -0.2) is 70.7 Å². The van der Waals surface area contributed by atoms with Crippen molar-refractivity contribution in [3.8, 4) is 5.75 Å². The first kappa shape index (κ1) is 23.9. The van der Waals surface area contributed by atoms with E-state index in [2.05, 4.69) is 28.9 Å². The molecule has 2 aliphatic heterocycles. The maximum absolute atomic E-state index is 14.2. The first-order valence-electron chi connectivity index (χ1n) is 13.4. The smallest absolute Gasteiger partial charge is 0.228 e. The lowest BCUT2D eigenvalue weighted by Crippen LogP contribution is -2.71. The number of methoxy groups -OCH3 is 1. The van der Waals surface area contributed by atoms with Gasteiger partial charge in [-0.25, -0.2) is 4.39 Å².